The Balaban J connectivity index is 1.75. The summed E-state index contributed by atoms with van der Waals surface area (Å²) in [6.07, 6.45) is 13.5. The molecule has 0 radical (unpaired) electrons. The SMILES string of the molecule is CCCCCCC(O)=CC=Cc1cn(Cc2ccccc2)c2ccccc12. The first-order chi connectivity index (χ1) is 13.3. The van der Waals surface area contributed by atoms with E-state index in [0.29, 0.717) is 5.76 Å². The lowest BCUT2D eigenvalue weighted by Gasteiger charge is -2.05. The molecule has 0 amide bonds. The van der Waals surface area contributed by atoms with Gasteiger partial charge in [-0.05, 0) is 29.7 Å². The number of unbranched alkanes of at least 4 members (excludes halogenated alkanes) is 3. The van der Waals surface area contributed by atoms with Crippen LogP contribution in [0.25, 0.3) is 17.0 Å². The van der Waals surface area contributed by atoms with Crippen LogP contribution in [-0.2, 0) is 6.54 Å². The number of hydrogen-bond donors (Lipinski definition) is 1. The maximum absolute atomic E-state index is 10.0. The maximum atomic E-state index is 10.0. The Kier molecular flexibility index (Phi) is 6.92. The molecule has 2 nitrogen and oxygen atoms in total. The number of allylic oxidation sites excluding steroid dienone is 3. The van der Waals surface area contributed by atoms with Crippen LogP contribution in [0, 0.1) is 0 Å². The van der Waals surface area contributed by atoms with Crippen molar-refractivity contribution in [3.8, 4) is 0 Å². The van der Waals surface area contributed by atoms with E-state index in [1.807, 2.05) is 18.2 Å². The maximum Gasteiger partial charge on any atom is 0.0922 e. The molecule has 0 saturated carbocycles. The molecule has 1 heterocycles. The third-order valence-electron chi connectivity index (χ3n) is 4.87. The predicted octanol–water partition coefficient (Wildman–Crippen LogP) is 7.12. The summed E-state index contributed by atoms with van der Waals surface area (Å²) in [5.74, 6) is 0.468. The number of aromatic nitrogens is 1. The van der Waals surface area contributed by atoms with Crippen molar-refractivity contribution in [3.63, 3.8) is 0 Å². The third kappa shape index (κ3) is 5.37. The third-order valence-corrected chi connectivity index (χ3v) is 4.87. The summed E-state index contributed by atoms with van der Waals surface area (Å²) in [6.45, 7) is 3.06. The molecule has 1 N–H and O–H groups in total. The number of nitrogens with zero attached hydrogens (tertiary/aromatic N) is 1. The van der Waals surface area contributed by atoms with Crippen LogP contribution in [-0.4, -0.2) is 9.67 Å². The minimum atomic E-state index is 0.468. The van der Waals surface area contributed by atoms with Gasteiger partial charge < -0.3 is 9.67 Å². The Morgan fingerprint density at radius 3 is 2.56 bits per heavy atom. The summed E-state index contributed by atoms with van der Waals surface area (Å²) in [5.41, 5.74) is 3.70. The van der Waals surface area contributed by atoms with Crippen molar-refractivity contribution in [1.82, 2.24) is 4.57 Å². The Hall–Kier alpha value is -2.74. The lowest BCUT2D eigenvalue weighted by molar-refractivity contribution is 0.381. The van der Waals surface area contributed by atoms with Crippen molar-refractivity contribution >= 4 is 17.0 Å². The second-order valence-electron chi connectivity index (χ2n) is 7.04. The van der Waals surface area contributed by atoms with Gasteiger partial charge in [-0.3, -0.25) is 0 Å². The van der Waals surface area contributed by atoms with Crippen LogP contribution in [0.2, 0.25) is 0 Å². The summed E-state index contributed by atoms with van der Waals surface area (Å²) in [4.78, 5) is 0. The standard InChI is InChI=1S/C25H29NO/c1-2-3-4-8-15-23(27)16-11-14-22-20-26(19-21-12-6-5-7-13-21)25-18-10-9-17-24(22)25/h5-7,9-14,16-18,20,27H,2-4,8,15,19H2,1H3. The Morgan fingerprint density at radius 1 is 0.963 bits per heavy atom. The second-order valence-corrected chi connectivity index (χ2v) is 7.04. The first kappa shape index (κ1) is 19.0. The zero-order chi connectivity index (χ0) is 18.9. The van der Waals surface area contributed by atoms with E-state index in [1.165, 1.54) is 41.3 Å². The Labute approximate surface area is 162 Å². The molecule has 0 spiro atoms. The summed E-state index contributed by atoms with van der Waals surface area (Å²) in [7, 11) is 0. The van der Waals surface area contributed by atoms with Crippen molar-refractivity contribution in [1.29, 1.82) is 0 Å². The number of rotatable bonds is 9. The van der Waals surface area contributed by atoms with Crippen LogP contribution < -0.4 is 0 Å². The van der Waals surface area contributed by atoms with E-state index in [9.17, 15) is 5.11 Å². The van der Waals surface area contributed by atoms with Gasteiger partial charge in [-0.25, -0.2) is 0 Å². The van der Waals surface area contributed by atoms with Gasteiger partial charge in [0.15, 0.2) is 0 Å². The highest BCUT2D eigenvalue weighted by Gasteiger charge is 2.06. The van der Waals surface area contributed by atoms with Crippen LogP contribution in [0.1, 0.15) is 50.2 Å². The monoisotopic (exact) mass is 359 g/mol. The molecule has 0 unspecified atom stereocenters. The van der Waals surface area contributed by atoms with Gasteiger partial charge in [0.1, 0.15) is 0 Å². The van der Waals surface area contributed by atoms with Crippen molar-refractivity contribution in [2.45, 2.75) is 45.6 Å². The van der Waals surface area contributed by atoms with Gasteiger partial charge in [0.25, 0.3) is 0 Å². The molecule has 0 aliphatic heterocycles. The molecular weight excluding hydrogens is 330 g/mol. The molecule has 140 valence electrons. The zero-order valence-corrected chi connectivity index (χ0v) is 16.1. The van der Waals surface area contributed by atoms with Gasteiger partial charge in [0.05, 0.1) is 5.76 Å². The molecule has 0 saturated heterocycles. The normalized spacial score (nSPS) is 12.3. The molecule has 0 atom stereocenters. The van der Waals surface area contributed by atoms with Crippen molar-refractivity contribution in [3.05, 3.63) is 89.8 Å². The highest BCUT2D eigenvalue weighted by atomic mass is 16.3. The number of fused-ring (bicyclic) bond motifs is 1. The van der Waals surface area contributed by atoms with Crippen molar-refractivity contribution in [2.24, 2.45) is 0 Å². The number of aliphatic hydroxyl groups is 1. The molecule has 27 heavy (non-hydrogen) atoms. The van der Waals surface area contributed by atoms with Crippen LogP contribution in [0.15, 0.2) is 78.7 Å². The fourth-order valence-corrected chi connectivity index (χ4v) is 3.40. The topological polar surface area (TPSA) is 25.2 Å². The lowest BCUT2D eigenvalue weighted by Crippen LogP contribution is -1.97. The fourth-order valence-electron chi connectivity index (χ4n) is 3.40. The van der Waals surface area contributed by atoms with Crippen LogP contribution >= 0.6 is 0 Å². The minimum absolute atomic E-state index is 0.468. The molecule has 3 aromatic rings. The molecular formula is C25H29NO. The first-order valence-electron chi connectivity index (χ1n) is 9.96. The van der Waals surface area contributed by atoms with Gasteiger partial charge >= 0.3 is 0 Å². The summed E-state index contributed by atoms with van der Waals surface area (Å²) >= 11 is 0. The molecule has 0 aliphatic rings. The smallest absolute Gasteiger partial charge is 0.0922 e. The Morgan fingerprint density at radius 2 is 1.74 bits per heavy atom. The first-order valence-corrected chi connectivity index (χ1v) is 9.96. The number of hydrogen-bond acceptors (Lipinski definition) is 1. The quantitative estimate of drug-likeness (QED) is 0.246. The summed E-state index contributed by atoms with van der Waals surface area (Å²) in [6, 6.07) is 19.0. The highest BCUT2D eigenvalue weighted by molar-refractivity contribution is 5.89. The van der Waals surface area contributed by atoms with Gasteiger partial charge in [0.2, 0.25) is 0 Å². The lowest BCUT2D eigenvalue weighted by atomic mass is 10.1. The van der Waals surface area contributed by atoms with E-state index in [0.717, 1.165) is 19.4 Å². The largest absolute Gasteiger partial charge is 0.512 e. The number of benzene rings is 2. The highest BCUT2D eigenvalue weighted by Crippen LogP contribution is 2.23. The van der Waals surface area contributed by atoms with Crippen molar-refractivity contribution in [2.75, 3.05) is 0 Å². The summed E-state index contributed by atoms with van der Waals surface area (Å²) in [5, 5.41) is 11.3. The fraction of sp³-hybridized carbons (Fsp3) is 0.280. The van der Waals surface area contributed by atoms with Crippen molar-refractivity contribution < 1.29 is 5.11 Å². The molecule has 0 fully saturated rings. The van der Waals surface area contributed by atoms with E-state index in [2.05, 4.69) is 72.3 Å². The minimum Gasteiger partial charge on any atom is -0.512 e. The van der Waals surface area contributed by atoms with Crippen LogP contribution in [0.3, 0.4) is 0 Å². The molecule has 2 aromatic carbocycles. The molecule has 0 bridgehead atoms. The average Bonchev–Trinajstić information content (AvgIpc) is 3.04. The van der Waals surface area contributed by atoms with E-state index < -0.39 is 0 Å². The van der Waals surface area contributed by atoms with Gasteiger partial charge in [-0.15, -0.1) is 0 Å². The van der Waals surface area contributed by atoms with Gasteiger partial charge in [0, 0.05) is 30.1 Å². The van der Waals surface area contributed by atoms with Gasteiger partial charge in [-0.1, -0.05) is 86.9 Å². The van der Waals surface area contributed by atoms with E-state index >= 15 is 0 Å². The summed E-state index contributed by atoms with van der Waals surface area (Å²) < 4.78 is 2.29. The van der Waals surface area contributed by atoms with Crippen LogP contribution in [0.4, 0.5) is 0 Å². The van der Waals surface area contributed by atoms with E-state index in [4.69, 9.17) is 0 Å². The van der Waals surface area contributed by atoms with E-state index in [-0.39, 0.29) is 0 Å². The zero-order valence-electron chi connectivity index (χ0n) is 16.1. The predicted molar refractivity (Wildman–Crippen MR) is 116 cm³/mol. The van der Waals surface area contributed by atoms with Crippen LogP contribution in [0.5, 0.6) is 0 Å². The molecule has 3 rings (SSSR count). The van der Waals surface area contributed by atoms with E-state index in [1.54, 1.807) is 0 Å². The average molecular weight is 360 g/mol. The molecule has 0 aliphatic carbocycles. The number of para-hydroxylation sites is 1. The van der Waals surface area contributed by atoms with Gasteiger partial charge in [-0.2, -0.15) is 0 Å². The molecule has 1 aromatic heterocycles. The second kappa shape index (κ2) is 9.82. The molecule has 2 heteroatoms. The Bertz CT molecular complexity index is 902. The number of aliphatic hydroxyl groups excluding tert-OH is 1.